The van der Waals surface area contributed by atoms with Crippen LogP contribution in [0.3, 0.4) is 0 Å². The van der Waals surface area contributed by atoms with Crippen LogP contribution in [0.1, 0.15) is 31.7 Å². The van der Waals surface area contributed by atoms with Gasteiger partial charge in [-0.05, 0) is 36.6 Å². The summed E-state index contributed by atoms with van der Waals surface area (Å²) in [4.78, 5) is 0. The highest BCUT2D eigenvalue weighted by atomic mass is 16.3. The second-order valence-corrected chi connectivity index (χ2v) is 3.34. The summed E-state index contributed by atoms with van der Waals surface area (Å²) in [6, 6.07) is 5.14. The number of nitrogens with two attached hydrogens (primary N) is 1. The Morgan fingerprint density at radius 2 is 2.08 bits per heavy atom. The van der Waals surface area contributed by atoms with Gasteiger partial charge in [-0.1, -0.05) is 19.8 Å². The molecule has 2 heteroatoms. The first-order valence-corrected chi connectivity index (χ1v) is 4.81. The summed E-state index contributed by atoms with van der Waals surface area (Å²) in [6.07, 6.45) is 4.53. The fraction of sp³-hybridized carbons (Fsp3) is 0.455. The fourth-order valence-corrected chi connectivity index (χ4v) is 1.37. The van der Waals surface area contributed by atoms with Crippen LogP contribution < -0.4 is 5.73 Å². The maximum absolute atomic E-state index is 9.24. The average Bonchev–Trinajstić information content (AvgIpc) is 2.11. The van der Waals surface area contributed by atoms with Gasteiger partial charge in [-0.3, -0.25) is 0 Å². The minimum atomic E-state index is 0.306. The van der Waals surface area contributed by atoms with Crippen molar-refractivity contribution in [1.82, 2.24) is 0 Å². The molecule has 0 spiro atoms. The number of hydrogen-bond donors (Lipinski definition) is 2. The SMILES string of the molecule is CCCCCc1cc(O)ccc1N. The van der Waals surface area contributed by atoms with Gasteiger partial charge in [0, 0.05) is 5.69 Å². The largest absolute Gasteiger partial charge is 0.508 e. The third kappa shape index (κ3) is 2.98. The minimum Gasteiger partial charge on any atom is -0.508 e. The summed E-state index contributed by atoms with van der Waals surface area (Å²) in [6.45, 7) is 2.17. The predicted molar refractivity (Wildman–Crippen MR) is 55.7 cm³/mol. The van der Waals surface area contributed by atoms with Crippen molar-refractivity contribution < 1.29 is 5.11 Å². The molecule has 0 aromatic heterocycles. The topological polar surface area (TPSA) is 46.2 Å². The smallest absolute Gasteiger partial charge is 0.116 e. The molecule has 0 fully saturated rings. The Morgan fingerprint density at radius 1 is 1.31 bits per heavy atom. The lowest BCUT2D eigenvalue weighted by atomic mass is 10.1. The maximum Gasteiger partial charge on any atom is 0.116 e. The molecule has 2 nitrogen and oxygen atoms in total. The van der Waals surface area contributed by atoms with Crippen molar-refractivity contribution in [3.63, 3.8) is 0 Å². The van der Waals surface area contributed by atoms with E-state index in [0.29, 0.717) is 5.75 Å². The zero-order chi connectivity index (χ0) is 9.68. The Labute approximate surface area is 79.4 Å². The molecule has 0 bridgehead atoms. The molecule has 1 aromatic rings. The number of phenols is 1. The summed E-state index contributed by atoms with van der Waals surface area (Å²) in [7, 11) is 0. The summed E-state index contributed by atoms with van der Waals surface area (Å²) < 4.78 is 0. The highest BCUT2D eigenvalue weighted by Crippen LogP contribution is 2.20. The van der Waals surface area contributed by atoms with Crippen LogP contribution in [0.15, 0.2) is 18.2 Å². The molecular formula is C11H17NO. The van der Waals surface area contributed by atoms with Gasteiger partial charge in [-0.25, -0.2) is 0 Å². The molecule has 0 saturated carbocycles. The number of anilines is 1. The number of rotatable bonds is 4. The molecule has 3 N–H and O–H groups in total. The molecule has 0 aliphatic heterocycles. The van der Waals surface area contributed by atoms with E-state index < -0.39 is 0 Å². The lowest BCUT2D eigenvalue weighted by molar-refractivity contribution is 0.474. The molecular weight excluding hydrogens is 162 g/mol. The highest BCUT2D eigenvalue weighted by molar-refractivity contribution is 5.50. The Kier molecular flexibility index (Phi) is 3.62. The number of unbranched alkanes of at least 4 members (excludes halogenated alkanes) is 2. The summed E-state index contributed by atoms with van der Waals surface area (Å²) >= 11 is 0. The maximum atomic E-state index is 9.24. The van der Waals surface area contributed by atoms with E-state index in [0.717, 1.165) is 24.1 Å². The van der Waals surface area contributed by atoms with E-state index in [9.17, 15) is 5.11 Å². The van der Waals surface area contributed by atoms with Crippen LogP contribution >= 0.6 is 0 Å². The van der Waals surface area contributed by atoms with Gasteiger partial charge in [0.05, 0.1) is 0 Å². The molecule has 0 amide bonds. The molecule has 0 aliphatic carbocycles. The van der Waals surface area contributed by atoms with E-state index in [1.165, 1.54) is 12.8 Å². The van der Waals surface area contributed by atoms with Crippen LogP contribution in [-0.2, 0) is 6.42 Å². The van der Waals surface area contributed by atoms with Gasteiger partial charge >= 0.3 is 0 Å². The van der Waals surface area contributed by atoms with Crippen molar-refractivity contribution in [1.29, 1.82) is 0 Å². The first-order chi connectivity index (χ1) is 6.24. The Hall–Kier alpha value is -1.18. The van der Waals surface area contributed by atoms with Crippen molar-refractivity contribution in [2.75, 3.05) is 5.73 Å². The standard InChI is InChI=1S/C11H17NO/c1-2-3-4-5-9-8-10(13)6-7-11(9)12/h6-8,13H,2-5,12H2,1H3. The summed E-state index contributed by atoms with van der Waals surface area (Å²) in [5, 5.41) is 9.24. The van der Waals surface area contributed by atoms with E-state index in [2.05, 4.69) is 6.92 Å². The third-order valence-electron chi connectivity index (χ3n) is 2.18. The Bertz CT molecular complexity index is 271. The van der Waals surface area contributed by atoms with E-state index in [-0.39, 0.29) is 0 Å². The van der Waals surface area contributed by atoms with Crippen molar-refractivity contribution in [3.8, 4) is 5.75 Å². The van der Waals surface area contributed by atoms with Gasteiger partial charge in [0.25, 0.3) is 0 Å². The zero-order valence-corrected chi connectivity index (χ0v) is 8.09. The van der Waals surface area contributed by atoms with Gasteiger partial charge in [0.15, 0.2) is 0 Å². The molecule has 0 aliphatic rings. The summed E-state index contributed by atoms with van der Waals surface area (Å²) in [5.41, 5.74) is 7.61. The second kappa shape index (κ2) is 4.75. The van der Waals surface area contributed by atoms with Crippen molar-refractivity contribution >= 4 is 5.69 Å². The molecule has 0 unspecified atom stereocenters. The van der Waals surface area contributed by atoms with Crippen LogP contribution in [0, 0.1) is 0 Å². The third-order valence-corrected chi connectivity index (χ3v) is 2.18. The van der Waals surface area contributed by atoms with Gasteiger partial charge in [0.1, 0.15) is 5.75 Å². The zero-order valence-electron chi connectivity index (χ0n) is 8.09. The molecule has 0 atom stereocenters. The number of aromatic hydroxyl groups is 1. The van der Waals surface area contributed by atoms with Crippen LogP contribution in [0.4, 0.5) is 5.69 Å². The quantitative estimate of drug-likeness (QED) is 0.424. The van der Waals surface area contributed by atoms with E-state index >= 15 is 0 Å². The average molecular weight is 179 g/mol. The number of hydrogen-bond acceptors (Lipinski definition) is 2. The Balaban J connectivity index is 2.59. The van der Waals surface area contributed by atoms with E-state index in [1.54, 1.807) is 18.2 Å². The number of phenolic OH excluding ortho intramolecular Hbond substituents is 1. The van der Waals surface area contributed by atoms with Gasteiger partial charge in [-0.15, -0.1) is 0 Å². The first kappa shape index (κ1) is 9.90. The molecule has 1 aromatic carbocycles. The number of nitrogen functional groups attached to an aromatic ring is 1. The molecule has 0 radical (unpaired) electrons. The lowest BCUT2D eigenvalue weighted by Gasteiger charge is -2.05. The van der Waals surface area contributed by atoms with Gasteiger partial charge in [-0.2, -0.15) is 0 Å². The minimum absolute atomic E-state index is 0.306. The molecule has 72 valence electrons. The van der Waals surface area contributed by atoms with Crippen molar-refractivity contribution in [2.24, 2.45) is 0 Å². The fourth-order valence-electron chi connectivity index (χ4n) is 1.37. The lowest BCUT2D eigenvalue weighted by Crippen LogP contribution is -1.93. The van der Waals surface area contributed by atoms with E-state index in [4.69, 9.17) is 5.73 Å². The Morgan fingerprint density at radius 3 is 2.77 bits per heavy atom. The molecule has 1 rings (SSSR count). The van der Waals surface area contributed by atoms with Crippen LogP contribution in [-0.4, -0.2) is 5.11 Å². The van der Waals surface area contributed by atoms with Crippen molar-refractivity contribution in [2.45, 2.75) is 32.6 Å². The monoisotopic (exact) mass is 179 g/mol. The van der Waals surface area contributed by atoms with Gasteiger partial charge < -0.3 is 10.8 Å². The molecule has 13 heavy (non-hydrogen) atoms. The number of benzene rings is 1. The van der Waals surface area contributed by atoms with Crippen LogP contribution in [0.2, 0.25) is 0 Å². The summed E-state index contributed by atoms with van der Waals surface area (Å²) in [5.74, 6) is 0.306. The van der Waals surface area contributed by atoms with Crippen LogP contribution in [0.5, 0.6) is 5.75 Å². The molecule has 0 saturated heterocycles. The second-order valence-electron chi connectivity index (χ2n) is 3.34. The molecule has 0 heterocycles. The highest BCUT2D eigenvalue weighted by Gasteiger charge is 1.99. The normalized spacial score (nSPS) is 10.2. The van der Waals surface area contributed by atoms with Crippen LogP contribution in [0.25, 0.3) is 0 Å². The first-order valence-electron chi connectivity index (χ1n) is 4.81. The van der Waals surface area contributed by atoms with Gasteiger partial charge in [0.2, 0.25) is 0 Å². The number of aryl methyl sites for hydroxylation is 1. The predicted octanol–water partition coefficient (Wildman–Crippen LogP) is 2.71. The van der Waals surface area contributed by atoms with E-state index in [1.807, 2.05) is 0 Å². The van der Waals surface area contributed by atoms with Crippen molar-refractivity contribution in [3.05, 3.63) is 23.8 Å².